The van der Waals surface area contributed by atoms with Gasteiger partial charge in [-0.2, -0.15) is 5.10 Å². The number of carbonyl (C=O) groups is 1. The molecule has 1 N–H and O–H groups in total. The molecule has 148 valence electrons. The van der Waals surface area contributed by atoms with Crippen molar-refractivity contribution in [3.63, 3.8) is 0 Å². The van der Waals surface area contributed by atoms with Crippen LogP contribution in [0.2, 0.25) is 0 Å². The van der Waals surface area contributed by atoms with E-state index in [2.05, 4.69) is 15.2 Å². The SMILES string of the molecule is Cc1nc([C@]23CN(C(=O)c4ccccc4)C[C@H]2CN(S(=O)(=O)C2CC2)C3)n[nH]1. The normalized spacial score (nSPS) is 27.9. The minimum absolute atomic E-state index is 0.0103. The highest BCUT2D eigenvalue weighted by molar-refractivity contribution is 7.90. The summed E-state index contributed by atoms with van der Waals surface area (Å²) in [6, 6.07) is 9.20. The zero-order valence-corrected chi connectivity index (χ0v) is 16.5. The Kier molecular flexibility index (Phi) is 3.89. The van der Waals surface area contributed by atoms with E-state index in [0.29, 0.717) is 43.4 Å². The molecule has 3 fully saturated rings. The third-order valence-electron chi connectivity index (χ3n) is 6.23. The van der Waals surface area contributed by atoms with Gasteiger partial charge < -0.3 is 4.90 Å². The molecule has 0 radical (unpaired) electrons. The second kappa shape index (κ2) is 6.12. The topological polar surface area (TPSA) is 99.3 Å². The van der Waals surface area contributed by atoms with Gasteiger partial charge in [-0.3, -0.25) is 9.89 Å². The molecule has 1 aromatic carbocycles. The molecule has 1 aliphatic carbocycles. The number of nitrogens with one attached hydrogen (secondary N) is 1. The van der Waals surface area contributed by atoms with Crippen molar-refractivity contribution in [2.75, 3.05) is 26.2 Å². The molecule has 9 heteroatoms. The van der Waals surface area contributed by atoms with E-state index in [-0.39, 0.29) is 17.1 Å². The molecule has 1 aromatic heterocycles. The average Bonchev–Trinajstić information content (AvgIpc) is 3.22. The van der Waals surface area contributed by atoms with Gasteiger partial charge >= 0.3 is 0 Å². The number of H-pyrrole nitrogens is 1. The van der Waals surface area contributed by atoms with E-state index in [9.17, 15) is 13.2 Å². The highest BCUT2D eigenvalue weighted by Crippen LogP contribution is 2.46. The van der Waals surface area contributed by atoms with Crippen LogP contribution in [0.1, 0.15) is 34.8 Å². The molecule has 2 saturated heterocycles. The van der Waals surface area contributed by atoms with Gasteiger partial charge in [-0.1, -0.05) is 18.2 Å². The molecule has 0 spiro atoms. The summed E-state index contributed by atoms with van der Waals surface area (Å²) in [6.45, 7) is 3.53. The van der Waals surface area contributed by atoms with E-state index >= 15 is 0 Å². The monoisotopic (exact) mass is 401 g/mol. The number of aromatic amines is 1. The number of aryl methyl sites for hydroxylation is 1. The molecule has 5 rings (SSSR count). The average molecular weight is 401 g/mol. The number of hydrogen-bond donors (Lipinski definition) is 1. The molecular weight excluding hydrogens is 378 g/mol. The molecule has 2 atom stereocenters. The van der Waals surface area contributed by atoms with Crippen molar-refractivity contribution in [2.24, 2.45) is 5.92 Å². The Morgan fingerprint density at radius 3 is 2.57 bits per heavy atom. The zero-order chi connectivity index (χ0) is 19.5. The van der Waals surface area contributed by atoms with Crippen molar-refractivity contribution >= 4 is 15.9 Å². The van der Waals surface area contributed by atoms with Gasteiger partial charge in [0.1, 0.15) is 5.82 Å². The third kappa shape index (κ3) is 2.68. The first-order valence-electron chi connectivity index (χ1n) is 9.63. The van der Waals surface area contributed by atoms with Gasteiger partial charge in [0, 0.05) is 37.7 Å². The molecule has 3 heterocycles. The first-order valence-corrected chi connectivity index (χ1v) is 11.1. The van der Waals surface area contributed by atoms with Crippen LogP contribution < -0.4 is 0 Å². The van der Waals surface area contributed by atoms with E-state index in [0.717, 1.165) is 12.8 Å². The quantitative estimate of drug-likeness (QED) is 0.822. The maximum Gasteiger partial charge on any atom is 0.253 e. The maximum atomic E-state index is 13.0. The number of fused-ring (bicyclic) bond motifs is 1. The van der Waals surface area contributed by atoms with Crippen molar-refractivity contribution in [3.8, 4) is 0 Å². The van der Waals surface area contributed by atoms with Crippen LogP contribution in [0.15, 0.2) is 30.3 Å². The maximum absolute atomic E-state index is 13.0. The van der Waals surface area contributed by atoms with E-state index in [1.54, 1.807) is 4.31 Å². The molecular formula is C19H23N5O3S. The Morgan fingerprint density at radius 1 is 1.18 bits per heavy atom. The van der Waals surface area contributed by atoms with Gasteiger partial charge in [0.05, 0.1) is 10.7 Å². The zero-order valence-electron chi connectivity index (χ0n) is 15.7. The van der Waals surface area contributed by atoms with Crippen LogP contribution in [-0.4, -0.2) is 70.1 Å². The van der Waals surface area contributed by atoms with Gasteiger partial charge in [0.15, 0.2) is 5.82 Å². The first kappa shape index (κ1) is 17.8. The minimum atomic E-state index is -3.27. The van der Waals surface area contributed by atoms with Gasteiger partial charge in [-0.25, -0.2) is 17.7 Å². The molecule has 2 aliphatic heterocycles. The third-order valence-corrected chi connectivity index (χ3v) is 8.55. The summed E-state index contributed by atoms with van der Waals surface area (Å²) in [7, 11) is -3.27. The number of amides is 1. The Balaban J connectivity index is 1.48. The Morgan fingerprint density at radius 2 is 1.93 bits per heavy atom. The standard InChI is InChI=1S/C19H23N5O3S/c1-13-20-18(22-21-13)19-11-23(17(25)14-5-3-2-4-6-14)9-15(19)10-24(12-19)28(26,27)16-7-8-16/h2-6,15-16H,7-12H2,1H3,(H,20,21,22)/t15-,19-/m0/s1. The highest BCUT2D eigenvalue weighted by Gasteiger charge is 2.60. The number of sulfonamides is 1. The summed E-state index contributed by atoms with van der Waals surface area (Å²) < 4.78 is 27.3. The predicted molar refractivity (Wildman–Crippen MR) is 102 cm³/mol. The van der Waals surface area contributed by atoms with Crippen LogP contribution >= 0.6 is 0 Å². The van der Waals surface area contributed by atoms with Gasteiger partial charge in [0.2, 0.25) is 10.0 Å². The molecule has 3 aliphatic rings. The number of rotatable bonds is 4. The lowest BCUT2D eigenvalue weighted by Crippen LogP contribution is -2.42. The van der Waals surface area contributed by atoms with Crippen LogP contribution in [0.3, 0.4) is 0 Å². The Bertz CT molecular complexity index is 1020. The number of carbonyl (C=O) groups excluding carboxylic acids is 1. The molecule has 28 heavy (non-hydrogen) atoms. The van der Waals surface area contributed by atoms with Crippen molar-refractivity contribution in [3.05, 3.63) is 47.5 Å². The lowest BCUT2D eigenvalue weighted by Gasteiger charge is -2.26. The number of likely N-dealkylation sites (tertiary alicyclic amines) is 1. The van der Waals surface area contributed by atoms with Crippen molar-refractivity contribution in [1.29, 1.82) is 0 Å². The molecule has 0 bridgehead atoms. The second-order valence-electron chi connectivity index (χ2n) is 8.19. The summed E-state index contributed by atoms with van der Waals surface area (Å²) in [5.74, 6) is 1.27. The first-order chi connectivity index (χ1) is 13.4. The lowest BCUT2D eigenvalue weighted by molar-refractivity contribution is 0.0775. The molecule has 1 amide bonds. The minimum Gasteiger partial charge on any atom is -0.337 e. The Labute approximate surface area is 164 Å². The molecule has 1 saturated carbocycles. The molecule has 8 nitrogen and oxygen atoms in total. The van der Waals surface area contributed by atoms with Crippen molar-refractivity contribution in [2.45, 2.75) is 30.4 Å². The fourth-order valence-electron chi connectivity index (χ4n) is 4.59. The van der Waals surface area contributed by atoms with E-state index in [4.69, 9.17) is 0 Å². The van der Waals surface area contributed by atoms with Crippen LogP contribution in [0.4, 0.5) is 0 Å². The van der Waals surface area contributed by atoms with E-state index in [1.807, 2.05) is 42.2 Å². The highest BCUT2D eigenvalue weighted by atomic mass is 32.2. The van der Waals surface area contributed by atoms with Crippen LogP contribution in [0, 0.1) is 12.8 Å². The summed E-state index contributed by atoms with van der Waals surface area (Å²) >= 11 is 0. The van der Waals surface area contributed by atoms with E-state index < -0.39 is 15.4 Å². The van der Waals surface area contributed by atoms with Crippen LogP contribution in [0.5, 0.6) is 0 Å². The van der Waals surface area contributed by atoms with Crippen LogP contribution in [-0.2, 0) is 15.4 Å². The summed E-state index contributed by atoms with van der Waals surface area (Å²) in [5, 5.41) is 7.03. The summed E-state index contributed by atoms with van der Waals surface area (Å²) in [6.07, 6.45) is 1.49. The van der Waals surface area contributed by atoms with Gasteiger partial charge in [-0.15, -0.1) is 0 Å². The van der Waals surface area contributed by atoms with Crippen molar-refractivity contribution in [1.82, 2.24) is 24.4 Å². The van der Waals surface area contributed by atoms with E-state index in [1.165, 1.54) is 0 Å². The number of aromatic nitrogens is 3. The molecule has 2 aromatic rings. The molecule has 0 unspecified atom stereocenters. The smallest absolute Gasteiger partial charge is 0.253 e. The predicted octanol–water partition coefficient (Wildman–Crippen LogP) is 0.931. The summed E-state index contributed by atoms with van der Waals surface area (Å²) in [4.78, 5) is 19.4. The largest absolute Gasteiger partial charge is 0.337 e. The fraction of sp³-hybridized carbons (Fsp3) is 0.526. The number of hydrogen-bond acceptors (Lipinski definition) is 5. The van der Waals surface area contributed by atoms with Crippen LogP contribution in [0.25, 0.3) is 0 Å². The van der Waals surface area contributed by atoms with Gasteiger partial charge in [-0.05, 0) is 31.9 Å². The summed E-state index contributed by atoms with van der Waals surface area (Å²) in [5.41, 5.74) is 0.0863. The second-order valence-corrected chi connectivity index (χ2v) is 10.4. The number of nitrogens with zero attached hydrogens (tertiary/aromatic N) is 4. The lowest BCUT2D eigenvalue weighted by atomic mass is 9.80. The number of benzene rings is 1. The Hall–Kier alpha value is -2.26. The fourth-order valence-corrected chi connectivity index (χ4v) is 6.54. The van der Waals surface area contributed by atoms with Crippen molar-refractivity contribution < 1.29 is 13.2 Å². The van der Waals surface area contributed by atoms with Gasteiger partial charge in [0.25, 0.3) is 5.91 Å².